The molecule has 45 heavy (non-hydrogen) atoms. The highest BCUT2D eigenvalue weighted by Crippen LogP contribution is 2.55. The number of carbonyl (C=O) groups is 2. The van der Waals surface area contributed by atoms with Crippen LogP contribution in [-0.2, 0) is 22.7 Å². The number of hydrogen-bond acceptors (Lipinski definition) is 3. The Labute approximate surface area is 267 Å². The van der Waals surface area contributed by atoms with Crippen LogP contribution in [0, 0.1) is 24.7 Å². The first kappa shape index (κ1) is 29.5. The highest BCUT2D eigenvalue weighted by Gasteiger charge is 2.49. The van der Waals surface area contributed by atoms with Crippen LogP contribution in [0.25, 0.3) is 10.9 Å². The first-order valence-corrected chi connectivity index (χ1v) is 16.4. The van der Waals surface area contributed by atoms with E-state index in [4.69, 9.17) is 0 Å². The number of para-hydroxylation sites is 1. The molecule has 0 spiro atoms. The minimum absolute atomic E-state index is 0.154. The molecule has 2 heterocycles. The van der Waals surface area contributed by atoms with E-state index in [0.29, 0.717) is 19.4 Å². The average molecular weight is 597 g/mol. The molecular formula is C41H44N2O2. The number of fused-ring (bicyclic) bond motifs is 1. The Morgan fingerprint density at radius 3 is 1.82 bits per heavy atom. The molecule has 0 fully saturated rings. The number of carbonyl (C=O) groups excluding carboxylic acids is 2. The van der Waals surface area contributed by atoms with Crippen LogP contribution in [0.3, 0.4) is 0 Å². The predicted octanol–water partition coefficient (Wildman–Crippen LogP) is 9.19. The molecule has 0 saturated carbocycles. The lowest BCUT2D eigenvalue weighted by Gasteiger charge is -2.49. The smallest absolute Gasteiger partial charge is 0.162 e. The molecule has 4 nitrogen and oxygen atoms in total. The van der Waals surface area contributed by atoms with Gasteiger partial charge in [-0.05, 0) is 60.3 Å². The number of Topliss-reactive ketones (excluding diaryl/α,β-unsaturated/α-hetero) is 2. The van der Waals surface area contributed by atoms with Gasteiger partial charge in [-0.1, -0.05) is 106 Å². The van der Waals surface area contributed by atoms with Crippen LogP contribution < -0.4 is 0 Å². The Kier molecular flexibility index (Phi) is 7.03. The highest BCUT2D eigenvalue weighted by molar-refractivity contribution is 6.08. The van der Waals surface area contributed by atoms with Crippen LogP contribution in [0.15, 0.2) is 102 Å². The van der Waals surface area contributed by atoms with Crippen molar-refractivity contribution in [3.8, 4) is 0 Å². The van der Waals surface area contributed by atoms with Gasteiger partial charge in [0.15, 0.2) is 11.6 Å². The quantitative estimate of drug-likeness (QED) is 0.231. The SMILES string of the molecule is Cc1cc(C)cc(Cn2cc(C3C4=C(CC(C)(C)CC4=O)N(Cc4ccccc4)C4=C3C(=O)CC(C)(C)C4)c3ccccc32)c1. The zero-order chi connectivity index (χ0) is 31.7. The first-order valence-electron chi connectivity index (χ1n) is 16.4. The maximum Gasteiger partial charge on any atom is 0.162 e. The van der Waals surface area contributed by atoms with Crippen LogP contribution in [-0.4, -0.2) is 21.0 Å². The summed E-state index contributed by atoms with van der Waals surface area (Å²) in [5.41, 5.74) is 10.8. The summed E-state index contributed by atoms with van der Waals surface area (Å²) in [5.74, 6) is -0.00103. The second-order valence-corrected chi connectivity index (χ2v) is 15.3. The lowest BCUT2D eigenvalue weighted by atomic mass is 9.63. The second-order valence-electron chi connectivity index (χ2n) is 15.3. The molecule has 0 amide bonds. The minimum Gasteiger partial charge on any atom is -0.343 e. The Balaban J connectivity index is 1.47. The van der Waals surface area contributed by atoms with Crippen LogP contribution in [0.2, 0.25) is 0 Å². The number of nitrogens with zero attached hydrogens (tertiary/aromatic N) is 2. The summed E-state index contributed by atoms with van der Waals surface area (Å²) in [6.07, 6.45) is 4.85. The minimum atomic E-state index is -0.361. The van der Waals surface area contributed by atoms with Crippen LogP contribution >= 0.6 is 0 Å². The number of benzene rings is 3. The molecule has 0 atom stereocenters. The van der Waals surface area contributed by atoms with Gasteiger partial charge >= 0.3 is 0 Å². The van der Waals surface area contributed by atoms with Crippen molar-refractivity contribution in [1.82, 2.24) is 9.47 Å². The largest absolute Gasteiger partial charge is 0.343 e. The molecule has 2 aliphatic carbocycles. The Morgan fingerprint density at radius 2 is 1.22 bits per heavy atom. The molecule has 3 aliphatic rings. The third-order valence-electron chi connectivity index (χ3n) is 9.97. The monoisotopic (exact) mass is 596 g/mol. The summed E-state index contributed by atoms with van der Waals surface area (Å²) in [7, 11) is 0. The van der Waals surface area contributed by atoms with Crippen molar-refractivity contribution in [3.63, 3.8) is 0 Å². The lowest BCUT2D eigenvalue weighted by molar-refractivity contribution is -0.119. The Hall–Kier alpha value is -4.18. The van der Waals surface area contributed by atoms with Gasteiger partial charge in [-0.25, -0.2) is 0 Å². The highest BCUT2D eigenvalue weighted by atomic mass is 16.1. The predicted molar refractivity (Wildman–Crippen MR) is 182 cm³/mol. The number of hydrogen-bond donors (Lipinski definition) is 0. The summed E-state index contributed by atoms with van der Waals surface area (Å²) in [4.78, 5) is 31.2. The fourth-order valence-electron chi connectivity index (χ4n) is 8.31. The summed E-state index contributed by atoms with van der Waals surface area (Å²) >= 11 is 0. The van der Waals surface area contributed by atoms with Gasteiger partial charge in [0.2, 0.25) is 0 Å². The molecular weight excluding hydrogens is 552 g/mol. The molecule has 7 rings (SSSR count). The zero-order valence-electron chi connectivity index (χ0n) is 27.5. The third-order valence-corrected chi connectivity index (χ3v) is 9.97. The van der Waals surface area contributed by atoms with Gasteiger partial charge in [0, 0.05) is 71.5 Å². The number of ketones is 2. The van der Waals surface area contributed by atoms with E-state index in [1.165, 1.54) is 22.3 Å². The molecule has 3 aromatic carbocycles. The average Bonchev–Trinajstić information content (AvgIpc) is 3.30. The second kappa shape index (κ2) is 10.7. The van der Waals surface area contributed by atoms with Crippen molar-refractivity contribution in [2.24, 2.45) is 10.8 Å². The number of allylic oxidation sites excluding steroid dienone is 4. The Bertz CT molecular complexity index is 1840. The van der Waals surface area contributed by atoms with Crippen molar-refractivity contribution in [2.45, 2.75) is 86.2 Å². The van der Waals surface area contributed by atoms with Crippen molar-refractivity contribution in [2.75, 3.05) is 0 Å². The van der Waals surface area contributed by atoms with Gasteiger partial charge in [0.1, 0.15) is 0 Å². The van der Waals surface area contributed by atoms with E-state index in [9.17, 15) is 9.59 Å². The van der Waals surface area contributed by atoms with Gasteiger partial charge in [0.25, 0.3) is 0 Å². The third kappa shape index (κ3) is 5.39. The molecule has 0 N–H and O–H groups in total. The molecule has 0 radical (unpaired) electrons. The summed E-state index contributed by atoms with van der Waals surface area (Å²) in [6, 6.07) is 25.7. The molecule has 1 aromatic heterocycles. The molecule has 0 unspecified atom stereocenters. The maximum atomic E-state index is 14.4. The fourth-order valence-corrected chi connectivity index (χ4v) is 8.31. The van der Waals surface area contributed by atoms with Gasteiger partial charge in [-0.3, -0.25) is 9.59 Å². The van der Waals surface area contributed by atoms with E-state index in [-0.39, 0.29) is 28.3 Å². The zero-order valence-corrected chi connectivity index (χ0v) is 27.5. The molecule has 0 saturated heterocycles. The number of rotatable bonds is 5. The van der Waals surface area contributed by atoms with Crippen molar-refractivity contribution < 1.29 is 9.59 Å². The standard InChI is InChI=1S/C41H44N2O2/c1-26-16-27(2)18-29(17-26)23-42-25-31(30-14-10-11-15-32(30)42)37-38-33(19-40(3,4)21-35(38)44)43(24-28-12-8-7-9-13-28)34-20-41(5,6)22-36(45)39(34)37/h7-18,25,37H,19-24H2,1-6H3. The summed E-state index contributed by atoms with van der Waals surface area (Å²) in [6.45, 7) is 14.5. The van der Waals surface area contributed by atoms with Crippen LogP contribution in [0.4, 0.5) is 0 Å². The van der Waals surface area contributed by atoms with Crippen LogP contribution in [0.5, 0.6) is 0 Å². The van der Waals surface area contributed by atoms with Crippen molar-refractivity contribution in [3.05, 3.63) is 129 Å². The van der Waals surface area contributed by atoms with E-state index >= 15 is 0 Å². The van der Waals surface area contributed by atoms with Gasteiger partial charge in [-0.15, -0.1) is 0 Å². The molecule has 0 bridgehead atoms. The molecule has 4 heteroatoms. The van der Waals surface area contributed by atoms with Crippen molar-refractivity contribution >= 4 is 22.5 Å². The van der Waals surface area contributed by atoms with Crippen LogP contribution in [0.1, 0.15) is 87.1 Å². The summed E-state index contributed by atoms with van der Waals surface area (Å²) < 4.78 is 2.32. The van der Waals surface area contributed by atoms with E-state index in [0.717, 1.165) is 58.4 Å². The first-order chi connectivity index (χ1) is 21.4. The van der Waals surface area contributed by atoms with E-state index in [1.807, 2.05) is 6.07 Å². The molecule has 4 aromatic rings. The summed E-state index contributed by atoms with van der Waals surface area (Å²) in [5, 5.41) is 1.12. The maximum absolute atomic E-state index is 14.4. The van der Waals surface area contributed by atoms with E-state index < -0.39 is 0 Å². The Morgan fingerprint density at radius 1 is 0.667 bits per heavy atom. The van der Waals surface area contributed by atoms with E-state index in [1.54, 1.807) is 0 Å². The van der Waals surface area contributed by atoms with Gasteiger partial charge in [-0.2, -0.15) is 0 Å². The lowest BCUT2D eigenvalue weighted by Crippen LogP contribution is -2.44. The van der Waals surface area contributed by atoms with Gasteiger partial charge in [0.05, 0.1) is 0 Å². The number of aromatic nitrogens is 1. The normalized spacial score (nSPS) is 19.7. The molecule has 1 aliphatic heterocycles. The fraction of sp³-hybridized carbons (Fsp3) is 0.366. The van der Waals surface area contributed by atoms with E-state index in [2.05, 4.69) is 124 Å². The number of aryl methyl sites for hydroxylation is 2. The van der Waals surface area contributed by atoms with Crippen molar-refractivity contribution in [1.29, 1.82) is 0 Å². The topological polar surface area (TPSA) is 42.3 Å². The molecule has 230 valence electrons. The van der Waals surface area contributed by atoms with Gasteiger partial charge < -0.3 is 9.47 Å².